The molecule has 0 saturated heterocycles. The summed E-state index contributed by atoms with van der Waals surface area (Å²) in [6, 6.07) is 37.7. The Morgan fingerprint density at radius 1 is 0.545 bits per heavy atom. The van der Waals surface area contributed by atoms with Gasteiger partial charge in [0.05, 0.1) is 0 Å². The minimum atomic E-state index is -6.00. The number of benzene rings is 5. The van der Waals surface area contributed by atoms with E-state index >= 15 is 0 Å². The molecule has 1 nitrogen and oxygen atoms in total. The van der Waals surface area contributed by atoms with Crippen LogP contribution in [0.5, 0.6) is 11.5 Å². The Hall–Kier alpha value is -3.45. The van der Waals surface area contributed by atoms with Gasteiger partial charge in [-0.3, -0.25) is 0 Å². The van der Waals surface area contributed by atoms with Gasteiger partial charge < -0.3 is 22.0 Å². The molecule has 0 saturated carbocycles. The third kappa shape index (κ3) is 6.52. The van der Waals surface area contributed by atoms with E-state index in [1.54, 1.807) is 11.8 Å². The smallest absolute Gasteiger partial charge is 0.457 e. The molecule has 166 valence electrons. The quantitative estimate of drug-likeness (QED) is 0.149. The third-order valence-corrected chi connectivity index (χ3v) is 5.82. The fourth-order valence-corrected chi connectivity index (χ4v) is 4.31. The summed E-state index contributed by atoms with van der Waals surface area (Å²) in [7, 11) is -6.00. The number of rotatable bonds is 4. The molecule has 5 rings (SSSR count). The molecule has 0 N–H and O–H groups in total. The molecular formula is C26H18BF4OS-. The van der Waals surface area contributed by atoms with Crippen molar-refractivity contribution in [3.63, 3.8) is 0 Å². The van der Waals surface area contributed by atoms with Crippen LogP contribution in [0, 0.1) is 0 Å². The Balaban J connectivity index is 0.000000471. The normalized spacial score (nSPS) is 11.2. The number of halogens is 4. The lowest BCUT2D eigenvalue weighted by Crippen LogP contribution is -2.02. The van der Waals surface area contributed by atoms with E-state index in [0.29, 0.717) is 0 Å². The highest BCUT2D eigenvalue weighted by atomic mass is 32.2. The van der Waals surface area contributed by atoms with E-state index in [2.05, 4.69) is 66.7 Å². The van der Waals surface area contributed by atoms with Crippen molar-refractivity contribution >= 4 is 40.6 Å². The Bertz CT molecular complexity index is 1350. The lowest BCUT2D eigenvalue weighted by atomic mass is 10.0. The van der Waals surface area contributed by atoms with Gasteiger partial charge in [-0.25, -0.2) is 0 Å². The van der Waals surface area contributed by atoms with Crippen LogP contribution in [0.15, 0.2) is 119 Å². The standard InChI is InChI=1S/C26H18OS.BF4/c1-2-10-22(11-3-1)27-23-13-15-24(16-14-23)28-26-12-6-9-21-17-19-7-4-5-8-20(19)18-25(21)26;2-1(3,4)5/h1-18H;/q;-1. The number of hydrogen-bond acceptors (Lipinski definition) is 2. The van der Waals surface area contributed by atoms with Gasteiger partial charge >= 0.3 is 7.25 Å². The van der Waals surface area contributed by atoms with Gasteiger partial charge in [-0.1, -0.05) is 66.4 Å². The van der Waals surface area contributed by atoms with Crippen molar-refractivity contribution in [3.05, 3.63) is 109 Å². The minimum Gasteiger partial charge on any atom is -0.457 e. The summed E-state index contributed by atoms with van der Waals surface area (Å²) in [5, 5.41) is 5.11. The summed E-state index contributed by atoms with van der Waals surface area (Å²) in [6.07, 6.45) is 0. The maximum Gasteiger partial charge on any atom is 0.673 e. The Kier molecular flexibility index (Phi) is 6.89. The van der Waals surface area contributed by atoms with Gasteiger partial charge in [-0.15, -0.1) is 0 Å². The minimum absolute atomic E-state index is 0.847. The molecule has 0 aromatic heterocycles. The second-order valence-electron chi connectivity index (χ2n) is 7.16. The molecule has 0 heterocycles. The fourth-order valence-electron chi connectivity index (χ4n) is 3.35. The molecule has 0 unspecified atom stereocenters. The zero-order valence-electron chi connectivity index (χ0n) is 17.3. The van der Waals surface area contributed by atoms with Gasteiger partial charge in [-0.2, -0.15) is 0 Å². The van der Waals surface area contributed by atoms with E-state index in [1.165, 1.54) is 31.3 Å². The van der Waals surface area contributed by atoms with Crippen LogP contribution >= 0.6 is 11.8 Å². The van der Waals surface area contributed by atoms with Crippen molar-refractivity contribution in [2.75, 3.05) is 0 Å². The van der Waals surface area contributed by atoms with Crippen molar-refractivity contribution in [1.29, 1.82) is 0 Å². The topological polar surface area (TPSA) is 9.23 Å². The van der Waals surface area contributed by atoms with E-state index in [9.17, 15) is 17.3 Å². The molecule has 7 heteroatoms. The summed E-state index contributed by atoms with van der Waals surface area (Å²) in [6.45, 7) is 0. The van der Waals surface area contributed by atoms with Crippen molar-refractivity contribution in [2.24, 2.45) is 0 Å². The van der Waals surface area contributed by atoms with Crippen molar-refractivity contribution in [2.45, 2.75) is 9.79 Å². The van der Waals surface area contributed by atoms with Crippen LogP contribution in [0.4, 0.5) is 17.3 Å². The SMILES string of the molecule is F[B-](F)(F)F.c1ccc(Oc2ccc(Sc3cccc4cc5ccccc5cc34)cc2)cc1. The Morgan fingerprint density at radius 3 is 1.76 bits per heavy atom. The van der Waals surface area contributed by atoms with E-state index in [1.807, 2.05) is 42.5 Å². The van der Waals surface area contributed by atoms with Crippen LogP contribution in [0.25, 0.3) is 21.5 Å². The van der Waals surface area contributed by atoms with E-state index in [4.69, 9.17) is 4.74 Å². The molecule has 0 radical (unpaired) electrons. The summed E-state index contributed by atoms with van der Waals surface area (Å²) < 4.78 is 44.9. The van der Waals surface area contributed by atoms with Crippen LogP contribution in [-0.2, 0) is 0 Å². The highest BCUT2D eigenvalue weighted by Crippen LogP contribution is 2.36. The molecule has 0 spiro atoms. The van der Waals surface area contributed by atoms with Crippen LogP contribution < -0.4 is 4.74 Å². The summed E-state index contributed by atoms with van der Waals surface area (Å²) in [4.78, 5) is 2.46. The average Bonchev–Trinajstić information content (AvgIpc) is 2.79. The fraction of sp³-hybridized carbons (Fsp3) is 0. The molecule has 0 amide bonds. The van der Waals surface area contributed by atoms with Gasteiger partial charge in [0.15, 0.2) is 0 Å². The summed E-state index contributed by atoms with van der Waals surface area (Å²) >= 11 is 1.79. The molecule has 0 aliphatic rings. The number of ether oxygens (including phenoxy) is 1. The summed E-state index contributed by atoms with van der Waals surface area (Å²) in [5.41, 5.74) is 0. The van der Waals surface area contributed by atoms with Crippen LogP contribution in [-0.4, -0.2) is 7.25 Å². The monoisotopic (exact) mass is 465 g/mol. The van der Waals surface area contributed by atoms with Gasteiger partial charge in [0.25, 0.3) is 0 Å². The van der Waals surface area contributed by atoms with Crippen molar-refractivity contribution in [1.82, 2.24) is 0 Å². The lowest BCUT2D eigenvalue weighted by Gasteiger charge is -2.09. The molecule has 0 aliphatic carbocycles. The average molecular weight is 465 g/mol. The zero-order valence-corrected chi connectivity index (χ0v) is 18.1. The first-order chi connectivity index (χ1) is 15.8. The third-order valence-electron chi connectivity index (χ3n) is 4.74. The first-order valence-corrected chi connectivity index (χ1v) is 11.0. The van der Waals surface area contributed by atoms with Crippen LogP contribution in [0.3, 0.4) is 0 Å². The second kappa shape index (κ2) is 10.0. The number of fused-ring (bicyclic) bond motifs is 2. The lowest BCUT2D eigenvalue weighted by molar-refractivity contribution is 0.368. The van der Waals surface area contributed by atoms with Gasteiger partial charge in [0.2, 0.25) is 0 Å². The number of para-hydroxylation sites is 1. The molecule has 5 aromatic rings. The van der Waals surface area contributed by atoms with Crippen LogP contribution in [0.1, 0.15) is 0 Å². The van der Waals surface area contributed by atoms with Gasteiger partial charge in [-0.05, 0) is 76.1 Å². The first-order valence-electron chi connectivity index (χ1n) is 10.1. The zero-order chi connectivity index (χ0) is 23.3. The van der Waals surface area contributed by atoms with Crippen molar-refractivity contribution < 1.29 is 22.0 Å². The highest BCUT2D eigenvalue weighted by molar-refractivity contribution is 7.99. The van der Waals surface area contributed by atoms with E-state index in [-0.39, 0.29) is 0 Å². The predicted molar refractivity (Wildman–Crippen MR) is 129 cm³/mol. The molecule has 5 aromatic carbocycles. The maximum absolute atomic E-state index is 9.75. The Morgan fingerprint density at radius 2 is 1.09 bits per heavy atom. The Labute approximate surface area is 193 Å². The molecular weight excluding hydrogens is 447 g/mol. The maximum atomic E-state index is 9.75. The molecule has 0 fully saturated rings. The second-order valence-corrected chi connectivity index (χ2v) is 8.28. The van der Waals surface area contributed by atoms with Crippen molar-refractivity contribution in [3.8, 4) is 11.5 Å². The predicted octanol–water partition coefficient (Wildman–Crippen LogP) is 9.24. The highest BCUT2D eigenvalue weighted by Gasteiger charge is 2.20. The summed E-state index contributed by atoms with van der Waals surface area (Å²) in [5.74, 6) is 1.70. The van der Waals surface area contributed by atoms with Crippen LogP contribution in [0.2, 0.25) is 0 Å². The van der Waals surface area contributed by atoms with E-state index in [0.717, 1.165) is 11.5 Å². The molecule has 0 atom stereocenters. The van der Waals surface area contributed by atoms with E-state index < -0.39 is 7.25 Å². The molecule has 33 heavy (non-hydrogen) atoms. The number of hydrogen-bond donors (Lipinski definition) is 0. The molecule has 0 aliphatic heterocycles. The molecule has 0 bridgehead atoms. The largest absolute Gasteiger partial charge is 0.673 e. The first kappa shape index (κ1) is 22.7. The van der Waals surface area contributed by atoms with Gasteiger partial charge in [0.1, 0.15) is 11.5 Å². The van der Waals surface area contributed by atoms with Gasteiger partial charge in [0, 0.05) is 9.79 Å².